The van der Waals surface area contributed by atoms with Crippen LogP contribution in [0, 0.1) is 27.4 Å². The van der Waals surface area contributed by atoms with Gasteiger partial charge in [0.15, 0.2) is 18.1 Å². The highest BCUT2D eigenvalue weighted by Crippen LogP contribution is 2.61. The molecule has 0 aliphatic heterocycles. The van der Waals surface area contributed by atoms with Gasteiger partial charge in [0.1, 0.15) is 6.61 Å². The molecule has 2 fully saturated rings. The Labute approximate surface area is 233 Å². The Balaban J connectivity index is 1.47. The molecular weight excluding hydrogens is 516 g/mol. The van der Waals surface area contributed by atoms with Crippen LogP contribution in [-0.2, 0) is 21.0 Å². The highest BCUT2D eigenvalue weighted by Gasteiger charge is 2.55. The Kier molecular flexibility index (Phi) is 7.98. The number of hydrogen-bond donors (Lipinski definition) is 1. The minimum absolute atomic E-state index is 0.0192. The maximum Gasteiger partial charge on any atom is 0.344 e. The van der Waals surface area contributed by atoms with Crippen LogP contribution in [0.4, 0.5) is 5.69 Å². The standard InChI is InChI=1S/C30H36N2O8/c1-4-38-29(34)17-39-27-15-23-21(14-26(27)37-3)20-11-12-30(2)24(9-10-28(30)33)22(20)13-25(23)31-40-16-18-5-7-19(8-6-18)32(35)36/h5-8,14-15,20,22,24,28,33H,4,9-13,16-17H2,1-3H3/t20-,22-,24+,28-,30+/m1/s1. The maximum atomic E-state index is 12.0. The van der Waals surface area contributed by atoms with Crippen molar-refractivity contribution in [2.75, 3.05) is 20.3 Å². The van der Waals surface area contributed by atoms with E-state index < -0.39 is 10.9 Å². The zero-order valence-electron chi connectivity index (χ0n) is 23.1. The number of rotatable bonds is 9. The summed E-state index contributed by atoms with van der Waals surface area (Å²) in [7, 11) is 1.58. The number of non-ortho nitro benzene ring substituents is 1. The van der Waals surface area contributed by atoms with E-state index in [-0.39, 0.29) is 42.9 Å². The quantitative estimate of drug-likeness (QED) is 0.257. The third-order valence-electron chi connectivity index (χ3n) is 9.07. The average Bonchev–Trinajstić information content (AvgIpc) is 3.26. The lowest BCUT2D eigenvalue weighted by Crippen LogP contribution is -2.45. The first-order chi connectivity index (χ1) is 19.2. The summed E-state index contributed by atoms with van der Waals surface area (Å²) in [5.74, 6) is 1.43. The molecule has 0 amide bonds. The van der Waals surface area contributed by atoms with Crippen LogP contribution in [0.25, 0.3) is 0 Å². The molecule has 1 N–H and O–H groups in total. The summed E-state index contributed by atoms with van der Waals surface area (Å²) in [4.78, 5) is 28.3. The molecular formula is C30H36N2O8. The largest absolute Gasteiger partial charge is 0.493 e. The van der Waals surface area contributed by atoms with E-state index in [2.05, 4.69) is 12.1 Å². The van der Waals surface area contributed by atoms with E-state index in [4.69, 9.17) is 19.0 Å². The average molecular weight is 553 g/mol. The van der Waals surface area contributed by atoms with Crippen LogP contribution >= 0.6 is 0 Å². The van der Waals surface area contributed by atoms with Gasteiger partial charge in [-0.15, -0.1) is 0 Å². The number of nitro groups is 1. The van der Waals surface area contributed by atoms with Gasteiger partial charge in [-0.1, -0.05) is 12.1 Å². The van der Waals surface area contributed by atoms with E-state index in [1.54, 1.807) is 26.2 Å². The van der Waals surface area contributed by atoms with Crippen LogP contribution in [0.15, 0.2) is 41.6 Å². The molecule has 0 spiro atoms. The number of nitro benzene ring substituents is 1. The molecule has 3 aliphatic carbocycles. The van der Waals surface area contributed by atoms with E-state index in [0.29, 0.717) is 29.8 Å². The second-order valence-corrected chi connectivity index (χ2v) is 11.1. The fourth-order valence-corrected chi connectivity index (χ4v) is 6.99. The summed E-state index contributed by atoms with van der Waals surface area (Å²) in [6.07, 6.45) is 4.07. The van der Waals surface area contributed by atoms with Crippen molar-refractivity contribution >= 4 is 17.4 Å². The Hall–Kier alpha value is -3.66. The molecule has 5 rings (SSSR count). The van der Waals surface area contributed by atoms with E-state index >= 15 is 0 Å². The number of ether oxygens (including phenoxy) is 3. The number of fused-ring (bicyclic) bond motifs is 5. The minimum Gasteiger partial charge on any atom is -0.493 e. The first-order valence-corrected chi connectivity index (χ1v) is 13.9. The predicted molar refractivity (Wildman–Crippen MR) is 146 cm³/mol. The second kappa shape index (κ2) is 11.4. The Morgan fingerprint density at radius 1 is 1.18 bits per heavy atom. The van der Waals surface area contributed by atoms with E-state index in [1.807, 2.05) is 12.1 Å². The SMILES string of the molecule is CCOC(=O)COc1cc2c(cc1OC)[C@H]1CC[C@]3(C)[C@H](O)CC[C@H]3[C@@H]1CC2=NOCc1ccc([N+](=O)[O-])cc1. The van der Waals surface area contributed by atoms with Crippen LogP contribution < -0.4 is 9.47 Å². The number of esters is 1. The highest BCUT2D eigenvalue weighted by molar-refractivity contribution is 6.03. The van der Waals surface area contributed by atoms with Gasteiger partial charge in [-0.25, -0.2) is 4.79 Å². The molecule has 3 aliphatic rings. The molecule has 2 saturated carbocycles. The van der Waals surface area contributed by atoms with Gasteiger partial charge >= 0.3 is 5.97 Å². The number of hydrogen-bond acceptors (Lipinski definition) is 9. The highest BCUT2D eigenvalue weighted by atomic mass is 16.6. The molecule has 10 nitrogen and oxygen atoms in total. The van der Waals surface area contributed by atoms with Gasteiger partial charge in [-0.3, -0.25) is 10.1 Å². The van der Waals surface area contributed by atoms with E-state index in [0.717, 1.165) is 48.1 Å². The number of carbonyl (C=O) groups excluding carboxylic acids is 1. The zero-order chi connectivity index (χ0) is 28.4. The van der Waals surface area contributed by atoms with E-state index in [1.165, 1.54) is 12.1 Å². The van der Waals surface area contributed by atoms with Gasteiger partial charge < -0.3 is 24.2 Å². The zero-order valence-corrected chi connectivity index (χ0v) is 23.1. The normalized spacial score (nSPS) is 27.8. The molecule has 2 aromatic rings. The summed E-state index contributed by atoms with van der Waals surface area (Å²) in [6, 6.07) is 10.1. The number of aliphatic hydroxyl groups excluding tert-OH is 1. The molecule has 40 heavy (non-hydrogen) atoms. The number of methoxy groups -OCH3 is 1. The minimum atomic E-state index is -0.464. The number of aliphatic hydroxyl groups is 1. The molecule has 5 atom stereocenters. The van der Waals surface area contributed by atoms with Gasteiger partial charge in [0.2, 0.25) is 0 Å². The van der Waals surface area contributed by atoms with Gasteiger partial charge in [0.05, 0.1) is 30.5 Å². The Bertz CT molecular complexity index is 1290. The smallest absolute Gasteiger partial charge is 0.344 e. The van der Waals surface area contributed by atoms with Crippen LogP contribution in [0.5, 0.6) is 11.5 Å². The second-order valence-electron chi connectivity index (χ2n) is 11.1. The van der Waals surface area contributed by atoms with Crippen molar-refractivity contribution in [1.29, 1.82) is 0 Å². The predicted octanol–water partition coefficient (Wildman–Crippen LogP) is 5.14. The molecule has 0 heterocycles. The van der Waals surface area contributed by atoms with Crippen molar-refractivity contribution in [2.24, 2.45) is 22.4 Å². The van der Waals surface area contributed by atoms with Gasteiger partial charge in [0.25, 0.3) is 5.69 Å². The summed E-state index contributed by atoms with van der Waals surface area (Å²) < 4.78 is 16.5. The number of benzene rings is 2. The van der Waals surface area contributed by atoms with Crippen molar-refractivity contribution in [2.45, 2.75) is 64.6 Å². The maximum absolute atomic E-state index is 12.0. The monoisotopic (exact) mass is 552 g/mol. The topological polar surface area (TPSA) is 130 Å². The molecule has 0 saturated heterocycles. The lowest BCUT2D eigenvalue weighted by molar-refractivity contribution is -0.384. The first-order valence-electron chi connectivity index (χ1n) is 13.9. The van der Waals surface area contributed by atoms with Crippen molar-refractivity contribution in [3.05, 3.63) is 63.2 Å². The van der Waals surface area contributed by atoms with Crippen molar-refractivity contribution in [1.82, 2.24) is 0 Å². The summed E-state index contributed by atoms with van der Waals surface area (Å²) in [6.45, 7) is 4.15. The van der Waals surface area contributed by atoms with Crippen molar-refractivity contribution in [3.63, 3.8) is 0 Å². The molecule has 10 heteroatoms. The van der Waals surface area contributed by atoms with Gasteiger partial charge in [-0.2, -0.15) is 0 Å². The summed E-state index contributed by atoms with van der Waals surface area (Å²) in [5, 5.41) is 26.4. The third-order valence-corrected chi connectivity index (χ3v) is 9.07. The lowest BCUT2D eigenvalue weighted by atomic mass is 9.55. The molecule has 214 valence electrons. The number of nitrogens with zero attached hydrogens (tertiary/aromatic N) is 2. The van der Waals surface area contributed by atoms with Crippen molar-refractivity contribution < 1.29 is 33.9 Å². The molecule has 0 unspecified atom stereocenters. The first kappa shape index (κ1) is 27.9. The van der Waals surface area contributed by atoms with E-state index in [9.17, 15) is 20.0 Å². The Morgan fingerprint density at radius 2 is 1.95 bits per heavy atom. The lowest BCUT2D eigenvalue weighted by Gasteiger charge is -2.50. The van der Waals surface area contributed by atoms with Gasteiger partial charge in [-0.05, 0) is 97.6 Å². The Morgan fingerprint density at radius 3 is 2.65 bits per heavy atom. The van der Waals surface area contributed by atoms with Crippen molar-refractivity contribution in [3.8, 4) is 11.5 Å². The molecule has 2 aromatic carbocycles. The number of oxime groups is 1. The third kappa shape index (κ3) is 5.24. The van der Waals surface area contributed by atoms with Crippen LogP contribution in [0.2, 0.25) is 0 Å². The van der Waals surface area contributed by atoms with Crippen LogP contribution in [0.3, 0.4) is 0 Å². The van der Waals surface area contributed by atoms with Crippen LogP contribution in [0.1, 0.15) is 68.6 Å². The summed E-state index contributed by atoms with van der Waals surface area (Å²) in [5.41, 5.74) is 3.44. The molecule has 0 radical (unpaired) electrons. The van der Waals surface area contributed by atoms with Crippen LogP contribution in [-0.4, -0.2) is 48.1 Å². The van der Waals surface area contributed by atoms with Gasteiger partial charge in [0, 0.05) is 17.7 Å². The fourth-order valence-electron chi connectivity index (χ4n) is 6.99. The fraction of sp³-hybridized carbons (Fsp3) is 0.533. The summed E-state index contributed by atoms with van der Waals surface area (Å²) >= 11 is 0. The number of carbonyl (C=O) groups is 1. The molecule has 0 bridgehead atoms. The molecule has 0 aromatic heterocycles.